The molecular formula is C23H26ClN3O5S2. The van der Waals surface area contributed by atoms with Crippen LogP contribution in [0.15, 0.2) is 53.4 Å². The van der Waals surface area contributed by atoms with Crippen molar-refractivity contribution in [2.45, 2.75) is 17.7 Å². The van der Waals surface area contributed by atoms with Crippen molar-refractivity contribution >= 4 is 55.7 Å². The number of halogens is 1. The number of methoxy groups -OCH3 is 1. The van der Waals surface area contributed by atoms with E-state index in [-0.39, 0.29) is 35.3 Å². The number of ether oxygens (including phenoxy) is 1. The number of unbranched alkanes of at least 4 members (excludes halogenated alkanes) is 1. The molecule has 8 nitrogen and oxygen atoms in total. The average molecular weight is 524 g/mol. The van der Waals surface area contributed by atoms with Crippen molar-refractivity contribution < 1.29 is 22.7 Å². The highest BCUT2D eigenvalue weighted by atomic mass is 35.5. The third-order valence-electron chi connectivity index (χ3n) is 5.42. The molecule has 0 radical (unpaired) electrons. The van der Waals surface area contributed by atoms with Crippen LogP contribution in [0.5, 0.6) is 5.75 Å². The van der Waals surface area contributed by atoms with Crippen LogP contribution in [0.1, 0.15) is 32.9 Å². The molecule has 0 spiro atoms. The lowest BCUT2D eigenvalue weighted by molar-refractivity contribution is 0.0869. The Labute approximate surface area is 208 Å². The van der Waals surface area contributed by atoms with E-state index >= 15 is 0 Å². The van der Waals surface area contributed by atoms with E-state index in [2.05, 4.69) is 10.6 Å². The van der Waals surface area contributed by atoms with Crippen molar-refractivity contribution in [2.24, 2.45) is 0 Å². The number of benzene rings is 2. The fourth-order valence-corrected chi connectivity index (χ4v) is 6.50. The van der Waals surface area contributed by atoms with Gasteiger partial charge in [0, 0.05) is 29.7 Å². The summed E-state index contributed by atoms with van der Waals surface area (Å²) in [6.07, 6.45) is 1.25. The van der Waals surface area contributed by atoms with Crippen molar-refractivity contribution in [3.63, 3.8) is 0 Å². The van der Waals surface area contributed by atoms with Gasteiger partial charge < -0.3 is 15.4 Å². The van der Waals surface area contributed by atoms with Gasteiger partial charge in [0.15, 0.2) is 0 Å². The van der Waals surface area contributed by atoms with Crippen LogP contribution in [0.2, 0.25) is 0 Å². The number of carbonyl (C=O) groups excluding carboxylic acids is 2. The van der Waals surface area contributed by atoms with E-state index < -0.39 is 15.9 Å². The fraction of sp³-hybridized carbons (Fsp3) is 0.304. The van der Waals surface area contributed by atoms with Gasteiger partial charge in [-0.05, 0) is 43.7 Å². The highest BCUT2D eigenvalue weighted by Gasteiger charge is 2.40. The maximum absolute atomic E-state index is 12.6. The van der Waals surface area contributed by atoms with Crippen molar-refractivity contribution in [3.05, 3.63) is 59.0 Å². The van der Waals surface area contributed by atoms with E-state index in [0.29, 0.717) is 43.1 Å². The van der Waals surface area contributed by atoms with Crippen LogP contribution in [-0.2, 0) is 10.0 Å². The molecule has 0 fully saturated rings. The van der Waals surface area contributed by atoms with E-state index in [0.717, 1.165) is 14.4 Å². The minimum atomic E-state index is -3.74. The first-order valence-electron chi connectivity index (χ1n) is 10.7. The molecule has 3 aromatic rings. The number of amides is 2. The number of nitrogens with zero attached hydrogens (tertiary/aromatic N) is 1. The minimum absolute atomic E-state index is 0. The molecule has 0 unspecified atom stereocenters. The maximum atomic E-state index is 12.6. The summed E-state index contributed by atoms with van der Waals surface area (Å²) in [7, 11) is -2.18. The Balaban J connectivity index is 0.00000324. The molecule has 1 aliphatic heterocycles. The number of hydrogen-bond donors (Lipinski definition) is 2. The van der Waals surface area contributed by atoms with Crippen LogP contribution in [0.4, 0.5) is 0 Å². The number of hydrogen-bond acceptors (Lipinski definition) is 7. The van der Waals surface area contributed by atoms with E-state index in [9.17, 15) is 18.0 Å². The number of rotatable bonds is 10. The summed E-state index contributed by atoms with van der Waals surface area (Å²) in [5.74, 6) is -0.0419. The number of fused-ring (bicyclic) bond motifs is 2. The van der Waals surface area contributed by atoms with Gasteiger partial charge in [0.1, 0.15) is 15.5 Å². The molecule has 0 bridgehead atoms. The molecule has 0 atom stereocenters. The zero-order valence-corrected chi connectivity index (χ0v) is 21.0. The zero-order valence-electron chi connectivity index (χ0n) is 18.6. The van der Waals surface area contributed by atoms with Gasteiger partial charge in [-0.2, -0.15) is 0 Å². The summed E-state index contributed by atoms with van der Waals surface area (Å²) in [6.45, 7) is 1.83. The van der Waals surface area contributed by atoms with Gasteiger partial charge in [0.2, 0.25) is 0 Å². The first-order valence-corrected chi connectivity index (χ1v) is 12.9. The molecule has 34 heavy (non-hydrogen) atoms. The van der Waals surface area contributed by atoms with Crippen LogP contribution in [0.25, 0.3) is 10.1 Å². The SMILES string of the molecule is COc1c(C(=O)NCCNCCCCN2C(=O)c3ccccc3S2(=O)=O)sc2ccccc12.Cl. The Hall–Kier alpha value is -2.66. The van der Waals surface area contributed by atoms with Gasteiger partial charge in [-0.3, -0.25) is 9.59 Å². The van der Waals surface area contributed by atoms with Gasteiger partial charge in [0.05, 0.1) is 12.7 Å². The smallest absolute Gasteiger partial charge is 0.269 e. The van der Waals surface area contributed by atoms with Crippen molar-refractivity contribution in [1.29, 1.82) is 0 Å². The Morgan fingerprint density at radius 2 is 1.76 bits per heavy atom. The molecule has 2 aromatic carbocycles. The van der Waals surface area contributed by atoms with Gasteiger partial charge in [-0.25, -0.2) is 12.7 Å². The molecule has 1 aromatic heterocycles. The summed E-state index contributed by atoms with van der Waals surface area (Å²) < 4.78 is 32.4. The predicted octanol–water partition coefficient (Wildman–Crippen LogP) is 3.28. The lowest BCUT2D eigenvalue weighted by atomic mass is 10.2. The summed E-state index contributed by atoms with van der Waals surface area (Å²) in [6, 6.07) is 14.0. The monoisotopic (exact) mass is 523 g/mol. The highest BCUT2D eigenvalue weighted by molar-refractivity contribution is 7.90. The molecule has 182 valence electrons. The second kappa shape index (κ2) is 11.2. The van der Waals surface area contributed by atoms with Crippen LogP contribution in [-0.4, -0.2) is 57.8 Å². The zero-order chi connectivity index (χ0) is 23.4. The topological polar surface area (TPSA) is 105 Å². The lowest BCUT2D eigenvalue weighted by Crippen LogP contribution is -2.33. The number of sulfonamides is 1. The Kier molecular flexibility index (Phi) is 8.53. The third-order valence-corrected chi connectivity index (χ3v) is 8.42. The van der Waals surface area contributed by atoms with Crippen molar-refractivity contribution in [2.75, 3.05) is 33.3 Å². The maximum Gasteiger partial charge on any atom is 0.269 e. The van der Waals surface area contributed by atoms with Gasteiger partial charge >= 0.3 is 0 Å². The molecule has 0 saturated heterocycles. The van der Waals surface area contributed by atoms with Crippen LogP contribution in [0.3, 0.4) is 0 Å². The number of nitrogens with one attached hydrogen (secondary N) is 2. The van der Waals surface area contributed by atoms with Crippen molar-refractivity contribution in [3.8, 4) is 5.75 Å². The molecule has 2 heterocycles. The first-order chi connectivity index (χ1) is 15.9. The molecule has 2 N–H and O–H groups in total. The second-order valence-electron chi connectivity index (χ2n) is 7.55. The number of thiophene rings is 1. The Morgan fingerprint density at radius 1 is 1.03 bits per heavy atom. The molecule has 1 aliphatic rings. The van der Waals surface area contributed by atoms with Gasteiger partial charge in [-0.1, -0.05) is 24.3 Å². The summed E-state index contributed by atoms with van der Waals surface area (Å²) in [5, 5.41) is 7.05. The Morgan fingerprint density at radius 3 is 2.53 bits per heavy atom. The number of carbonyl (C=O) groups is 2. The second-order valence-corrected chi connectivity index (χ2v) is 10.4. The van der Waals surface area contributed by atoms with Crippen molar-refractivity contribution in [1.82, 2.24) is 14.9 Å². The predicted molar refractivity (Wildman–Crippen MR) is 135 cm³/mol. The van der Waals surface area contributed by atoms with E-state index in [1.807, 2.05) is 24.3 Å². The molecule has 2 amide bonds. The standard InChI is InChI=1S/C23H25N3O5S2.ClH/c1-31-20-16-8-2-4-10-18(16)32-21(20)22(27)25-14-13-24-12-6-7-15-26-23(28)17-9-3-5-11-19(17)33(26,29)30;/h2-5,8-11,24H,6-7,12-15H2,1H3,(H,25,27);1H. The van der Waals surface area contributed by atoms with Crippen LogP contribution >= 0.6 is 23.7 Å². The molecule has 0 saturated carbocycles. The third kappa shape index (κ3) is 5.05. The van der Waals surface area contributed by atoms with Crippen LogP contribution in [0, 0.1) is 0 Å². The first kappa shape index (κ1) is 26.0. The van der Waals surface area contributed by atoms with Crippen LogP contribution < -0.4 is 15.4 Å². The highest BCUT2D eigenvalue weighted by Crippen LogP contribution is 2.37. The normalized spacial score (nSPS) is 14.0. The quantitative estimate of drug-likeness (QED) is 0.395. The van der Waals surface area contributed by atoms with E-state index in [4.69, 9.17) is 4.74 Å². The average Bonchev–Trinajstić information content (AvgIpc) is 3.29. The van der Waals surface area contributed by atoms with E-state index in [1.54, 1.807) is 25.3 Å². The van der Waals surface area contributed by atoms with Gasteiger partial charge in [0.25, 0.3) is 21.8 Å². The van der Waals surface area contributed by atoms with Gasteiger partial charge in [-0.15, -0.1) is 23.7 Å². The van der Waals surface area contributed by atoms with E-state index in [1.165, 1.54) is 17.4 Å². The molecule has 4 rings (SSSR count). The summed E-state index contributed by atoms with van der Waals surface area (Å²) in [4.78, 5) is 25.6. The Bertz CT molecular complexity index is 1290. The lowest BCUT2D eigenvalue weighted by Gasteiger charge is -2.15. The fourth-order valence-electron chi connectivity index (χ4n) is 3.80. The molecule has 11 heteroatoms. The molecule has 0 aliphatic carbocycles. The summed E-state index contributed by atoms with van der Waals surface area (Å²) >= 11 is 1.40. The largest absolute Gasteiger partial charge is 0.494 e. The minimum Gasteiger partial charge on any atom is -0.494 e. The molecular weight excluding hydrogens is 498 g/mol. The summed E-state index contributed by atoms with van der Waals surface area (Å²) in [5.41, 5.74) is 0.238.